The number of amides is 6. The number of hydrogen-bond donors (Lipinski definition) is 4. The summed E-state index contributed by atoms with van der Waals surface area (Å²) in [7, 11) is -9.38. The minimum Gasteiger partial charge on any atom is -0.384 e. The predicted octanol–water partition coefficient (Wildman–Crippen LogP) is 9.34. The molecule has 4 heterocycles. The third kappa shape index (κ3) is 14.0. The quantitative estimate of drug-likeness (QED) is 0.0221. The number of anilines is 3. The van der Waals surface area contributed by atoms with E-state index < -0.39 is 82.5 Å². The van der Waals surface area contributed by atoms with Gasteiger partial charge in [0, 0.05) is 105 Å². The van der Waals surface area contributed by atoms with Gasteiger partial charge >= 0.3 is 5.51 Å². The standard InChI is InChI=1S/C67H82F3N9O10S3/c1-5-65-41-66(42-65,43-65)52-38-64(2,3)27-23-46(52)39-77-33-35-78(36-34-77)48-17-15-44(16-18-48)59(81)74-92(88,89)50-19-20-53(56(37-50)91(86,87)67(68,69)70)72-47(40-90-49-11-7-6-8-12-49)26-32-76-30-24-45(25-31-76)61(83)75(4)29-10-28-71-54-14-9-13-51-58(54)63(85)79(62(51)84)55-21-22-57(80)73-60(55)82/h6-9,11-20,37,45,47,55,71-72H,5,10,21-36,38-43H2,1-4H3,(H,74,81)(H,73,80,82)/t47-,55?,65?,66?/m1/s1. The van der Waals surface area contributed by atoms with E-state index in [0.717, 1.165) is 66.8 Å². The van der Waals surface area contributed by atoms with Gasteiger partial charge < -0.3 is 25.3 Å². The Bertz CT molecular complexity index is 3760. The number of benzene rings is 4. The number of nitrogens with one attached hydrogen (secondary N) is 4. The van der Waals surface area contributed by atoms with Crippen LogP contribution >= 0.6 is 11.8 Å². The first-order chi connectivity index (χ1) is 43.7. The number of rotatable bonds is 24. The molecule has 6 amide bonds. The van der Waals surface area contributed by atoms with Crippen molar-refractivity contribution in [1.29, 1.82) is 0 Å². The van der Waals surface area contributed by atoms with Gasteiger partial charge in [0.2, 0.25) is 17.7 Å². The van der Waals surface area contributed by atoms with Crippen LogP contribution in [0.5, 0.6) is 0 Å². The van der Waals surface area contributed by atoms with E-state index in [9.17, 15) is 58.8 Å². The van der Waals surface area contributed by atoms with Crippen LogP contribution in [-0.2, 0) is 34.2 Å². The van der Waals surface area contributed by atoms with E-state index in [1.807, 2.05) is 35.1 Å². The largest absolute Gasteiger partial charge is 0.501 e. The van der Waals surface area contributed by atoms with Crippen molar-refractivity contribution in [3.05, 3.63) is 119 Å². The molecule has 1 unspecified atom stereocenters. The molecule has 8 aliphatic rings. The lowest BCUT2D eigenvalue weighted by Gasteiger charge is -2.73. The Morgan fingerprint density at radius 2 is 1.52 bits per heavy atom. The molecule has 4 aliphatic carbocycles. The van der Waals surface area contributed by atoms with Crippen molar-refractivity contribution in [2.24, 2.45) is 22.2 Å². The van der Waals surface area contributed by atoms with Gasteiger partial charge in [-0.05, 0) is 167 Å². The normalized spacial score (nSPS) is 23.3. The molecule has 6 fully saturated rings. The fourth-order valence-corrected chi connectivity index (χ4v) is 17.9. The lowest BCUT2D eigenvalue weighted by atomic mass is 9.31. The number of sulfone groups is 1. The summed E-state index contributed by atoms with van der Waals surface area (Å²) in [6.07, 6.45) is 10.7. The lowest BCUT2D eigenvalue weighted by molar-refractivity contribution is -0.182. The zero-order valence-electron chi connectivity index (χ0n) is 52.5. The molecule has 494 valence electrons. The van der Waals surface area contributed by atoms with Gasteiger partial charge in [-0.15, -0.1) is 11.8 Å². The maximum Gasteiger partial charge on any atom is 0.501 e. The van der Waals surface area contributed by atoms with Gasteiger partial charge in [-0.1, -0.05) is 62.6 Å². The summed E-state index contributed by atoms with van der Waals surface area (Å²) >= 11 is 1.40. The van der Waals surface area contributed by atoms with E-state index in [4.69, 9.17) is 0 Å². The molecule has 92 heavy (non-hydrogen) atoms. The first kappa shape index (κ1) is 66.6. The Kier molecular flexibility index (Phi) is 19.2. The smallest absolute Gasteiger partial charge is 0.384 e. The summed E-state index contributed by atoms with van der Waals surface area (Å²) in [5.41, 5.74) is -0.0409. The van der Waals surface area contributed by atoms with E-state index >= 15 is 0 Å². The van der Waals surface area contributed by atoms with Crippen LogP contribution in [0.3, 0.4) is 0 Å². The molecular weight excluding hydrogens is 1240 g/mol. The molecule has 12 rings (SSSR count). The highest BCUT2D eigenvalue weighted by atomic mass is 32.2. The van der Waals surface area contributed by atoms with E-state index in [1.54, 1.807) is 47.4 Å². The van der Waals surface area contributed by atoms with Gasteiger partial charge in [0.05, 0.1) is 21.7 Å². The van der Waals surface area contributed by atoms with Gasteiger partial charge in [-0.25, -0.2) is 21.6 Å². The maximum absolute atomic E-state index is 14.6. The third-order valence-corrected chi connectivity index (χ3v) is 24.2. The first-order valence-electron chi connectivity index (χ1n) is 32.0. The molecule has 2 atom stereocenters. The number of thioether (sulfide) groups is 1. The molecular formula is C67H82F3N9O10S3. The van der Waals surface area contributed by atoms with Crippen molar-refractivity contribution in [3.8, 4) is 0 Å². The number of imide groups is 2. The summed E-state index contributed by atoms with van der Waals surface area (Å²) < 4.78 is 100. The first-order valence-corrected chi connectivity index (χ1v) is 35.9. The number of piperidine rings is 2. The van der Waals surface area contributed by atoms with Gasteiger partial charge in [0.25, 0.3) is 37.6 Å². The van der Waals surface area contributed by atoms with Crippen LogP contribution in [0, 0.1) is 22.2 Å². The number of carbonyl (C=O) groups is 6. The average molecular weight is 1330 g/mol. The van der Waals surface area contributed by atoms with E-state index in [2.05, 4.69) is 51.4 Å². The van der Waals surface area contributed by atoms with E-state index in [-0.39, 0.29) is 47.1 Å². The number of hydrogen-bond acceptors (Lipinski definition) is 16. The van der Waals surface area contributed by atoms with Crippen molar-refractivity contribution in [1.82, 2.24) is 29.6 Å². The second-order valence-electron chi connectivity index (χ2n) is 27.0. The number of carbonyl (C=O) groups excluding carboxylic acids is 6. The molecule has 4 aromatic carbocycles. The van der Waals surface area contributed by atoms with Crippen molar-refractivity contribution >= 4 is 84.1 Å². The van der Waals surface area contributed by atoms with Crippen molar-refractivity contribution in [2.45, 2.75) is 137 Å². The maximum atomic E-state index is 14.6. The summed E-state index contributed by atoms with van der Waals surface area (Å²) in [6.45, 7) is 13.6. The van der Waals surface area contributed by atoms with Crippen LogP contribution in [-0.4, -0.2) is 168 Å². The second kappa shape index (κ2) is 26.5. The van der Waals surface area contributed by atoms with Crippen LogP contribution in [0.15, 0.2) is 117 Å². The zero-order valence-corrected chi connectivity index (χ0v) is 55.0. The molecule has 3 saturated carbocycles. The van der Waals surface area contributed by atoms with Crippen LogP contribution < -0.4 is 25.6 Å². The van der Waals surface area contributed by atoms with E-state index in [1.165, 1.54) is 68.5 Å². The summed E-state index contributed by atoms with van der Waals surface area (Å²) in [6, 6.07) is 21.1. The highest BCUT2D eigenvalue weighted by Gasteiger charge is 2.68. The second-order valence-corrected chi connectivity index (χ2v) is 31.7. The van der Waals surface area contributed by atoms with Crippen molar-refractivity contribution in [2.75, 3.05) is 93.8 Å². The highest BCUT2D eigenvalue weighted by Crippen LogP contribution is 2.79. The van der Waals surface area contributed by atoms with Crippen LogP contribution in [0.2, 0.25) is 0 Å². The molecule has 4 N–H and O–H groups in total. The van der Waals surface area contributed by atoms with Gasteiger partial charge in [-0.3, -0.25) is 43.9 Å². The van der Waals surface area contributed by atoms with Gasteiger partial charge in [0.15, 0.2) is 0 Å². The zero-order chi connectivity index (χ0) is 65.5. The minimum atomic E-state index is -6.17. The molecule has 4 aliphatic heterocycles. The van der Waals surface area contributed by atoms with Crippen LogP contribution in [0.25, 0.3) is 0 Å². The Morgan fingerprint density at radius 1 is 0.815 bits per heavy atom. The van der Waals surface area contributed by atoms with Crippen LogP contribution in [0.1, 0.15) is 135 Å². The Morgan fingerprint density at radius 3 is 2.20 bits per heavy atom. The Balaban J connectivity index is 0.680. The SMILES string of the molecule is CCC12CC(C3=C(CN4CCN(c5ccc(C(=O)NS(=O)(=O)c6ccc(N[C@H](CCN7CCC(C(=O)N(C)CCCNc8cccc9c8C(=O)N(C8CCC(=O)NC8=O)C9=O)CC7)CSc7ccccc7)c(S(=O)(=O)C(F)(F)F)c6)cc5)CC4)CCC(C)(C)C3)(C1)C2. The average Bonchev–Trinajstić information content (AvgIpc) is 0.810. The Labute approximate surface area is 541 Å². The minimum absolute atomic E-state index is 0.00172. The fourth-order valence-electron chi connectivity index (χ4n) is 14.9. The molecule has 4 aromatic rings. The molecule has 25 heteroatoms. The van der Waals surface area contributed by atoms with Gasteiger partial charge in [-0.2, -0.15) is 13.2 Å². The lowest BCUT2D eigenvalue weighted by Crippen LogP contribution is -2.63. The van der Waals surface area contributed by atoms with Crippen molar-refractivity contribution < 1.29 is 58.8 Å². The number of allylic oxidation sites excluding steroid dienone is 1. The molecule has 0 radical (unpaired) electrons. The predicted molar refractivity (Wildman–Crippen MR) is 345 cm³/mol. The van der Waals surface area contributed by atoms with Crippen molar-refractivity contribution in [3.63, 3.8) is 0 Å². The molecule has 3 saturated heterocycles. The number of halogens is 3. The fraction of sp³-hybridized carbons (Fsp3) is 0.522. The summed E-state index contributed by atoms with van der Waals surface area (Å²) in [5, 5.41) is 8.42. The summed E-state index contributed by atoms with van der Waals surface area (Å²) in [5.74, 6) is -3.52. The van der Waals surface area contributed by atoms with E-state index in [0.29, 0.717) is 86.4 Å². The molecule has 2 bridgehead atoms. The monoisotopic (exact) mass is 1330 g/mol. The summed E-state index contributed by atoms with van der Waals surface area (Å²) in [4.78, 5) is 86.6. The number of likely N-dealkylation sites (tertiary alicyclic amines) is 1. The topological polar surface area (TPSA) is 235 Å². The van der Waals surface area contributed by atoms with Gasteiger partial charge in [0.1, 0.15) is 10.9 Å². The Hall–Kier alpha value is -6.80. The molecule has 0 aromatic heterocycles. The number of fused-ring (bicyclic) bond motifs is 1. The highest BCUT2D eigenvalue weighted by molar-refractivity contribution is 7.99. The van der Waals surface area contributed by atoms with Crippen LogP contribution in [0.4, 0.5) is 30.2 Å². The molecule has 0 spiro atoms. The number of nitrogens with zero attached hydrogens (tertiary/aromatic N) is 5. The number of sulfonamides is 1. The number of piperazine rings is 1. The molecule has 19 nitrogen and oxygen atoms in total. The number of alkyl halides is 3. The third-order valence-electron chi connectivity index (χ3n) is 20.2.